The first-order valence-electron chi connectivity index (χ1n) is 14.0. The van der Waals surface area contributed by atoms with Gasteiger partial charge in [0.15, 0.2) is 0 Å². The van der Waals surface area contributed by atoms with Gasteiger partial charge in [0.1, 0.15) is 0 Å². The van der Waals surface area contributed by atoms with Crippen molar-refractivity contribution in [3.05, 3.63) is 23.3 Å². The third-order valence-corrected chi connectivity index (χ3v) is 9.51. The predicted octanol–water partition coefficient (Wildman–Crippen LogP) is 7.65. The van der Waals surface area contributed by atoms with Crippen LogP contribution in [0.4, 0.5) is 0 Å². The third kappa shape index (κ3) is 6.52. The van der Waals surface area contributed by atoms with E-state index in [0.29, 0.717) is 30.0 Å². The van der Waals surface area contributed by atoms with E-state index in [4.69, 9.17) is 9.47 Å². The molecule has 0 bridgehead atoms. The maximum Gasteiger partial charge on any atom is 0.0885 e. The lowest BCUT2D eigenvalue weighted by Gasteiger charge is -2.44. The van der Waals surface area contributed by atoms with Crippen LogP contribution in [-0.2, 0) is 9.47 Å². The van der Waals surface area contributed by atoms with Gasteiger partial charge in [-0.1, -0.05) is 77.4 Å². The standard InChI is InChI=1S/C29H49O3P/c1-20-14-24(28(31-3)26(16-20)22-10-6-4-7-11-22)18-25-15-21(2)17-27(29(25)32-19-33-30)23-12-8-5-9-13-23/h15-16,20-24,27-30,33H,4-14,17-19H2,1-3H3. The molecule has 0 spiro atoms. The summed E-state index contributed by atoms with van der Waals surface area (Å²) in [6.45, 7) is 4.82. The molecule has 7 unspecified atom stereocenters. The van der Waals surface area contributed by atoms with Crippen LogP contribution in [-0.4, -0.2) is 30.6 Å². The SMILES string of the molecule is COC1C(C2CCCCC2)=CC(C)CC1CC1=CC(C)CC(C2CCCCC2)C1OCPO. The van der Waals surface area contributed by atoms with E-state index in [2.05, 4.69) is 26.0 Å². The second kappa shape index (κ2) is 12.7. The molecule has 3 nitrogen and oxygen atoms in total. The van der Waals surface area contributed by atoms with Gasteiger partial charge in [0.05, 0.1) is 18.6 Å². The lowest BCUT2D eigenvalue weighted by atomic mass is 9.66. The van der Waals surface area contributed by atoms with Crippen molar-refractivity contribution < 1.29 is 14.4 Å². The van der Waals surface area contributed by atoms with Crippen LogP contribution in [0, 0.1) is 35.5 Å². The zero-order chi connectivity index (χ0) is 23.2. The minimum Gasteiger partial charge on any atom is -0.377 e. The van der Waals surface area contributed by atoms with Crippen molar-refractivity contribution in [1.82, 2.24) is 0 Å². The number of ether oxygens (including phenoxy) is 2. The Hall–Kier alpha value is -0.210. The van der Waals surface area contributed by atoms with E-state index < -0.39 is 0 Å². The fourth-order valence-electron chi connectivity index (χ4n) is 7.89. The first kappa shape index (κ1) is 25.9. The van der Waals surface area contributed by atoms with Gasteiger partial charge < -0.3 is 14.4 Å². The average Bonchev–Trinajstić information content (AvgIpc) is 2.84. The summed E-state index contributed by atoms with van der Waals surface area (Å²) in [5.41, 5.74) is 3.13. The molecule has 33 heavy (non-hydrogen) atoms. The number of hydrogen-bond donors (Lipinski definition) is 1. The molecule has 4 aliphatic carbocycles. The minimum atomic E-state index is -0.121. The van der Waals surface area contributed by atoms with Crippen molar-refractivity contribution in [2.24, 2.45) is 35.5 Å². The van der Waals surface area contributed by atoms with E-state index in [0.717, 1.165) is 18.3 Å². The van der Waals surface area contributed by atoms with Crippen LogP contribution in [0.2, 0.25) is 0 Å². The Bertz CT molecular complexity index is 662. The highest BCUT2D eigenvalue weighted by molar-refractivity contribution is 7.30. The maximum absolute atomic E-state index is 9.60. The highest BCUT2D eigenvalue weighted by Crippen LogP contribution is 2.46. The largest absolute Gasteiger partial charge is 0.377 e. The summed E-state index contributed by atoms with van der Waals surface area (Å²) in [6.07, 6.45) is 23.3. The summed E-state index contributed by atoms with van der Waals surface area (Å²) in [4.78, 5) is 9.60. The third-order valence-electron chi connectivity index (χ3n) is 9.22. The van der Waals surface area contributed by atoms with Gasteiger partial charge in [-0.2, -0.15) is 0 Å². The maximum atomic E-state index is 9.60. The fourth-order valence-corrected chi connectivity index (χ4v) is 8.14. The first-order chi connectivity index (χ1) is 16.1. The van der Waals surface area contributed by atoms with Crippen LogP contribution >= 0.6 is 8.81 Å². The second-order valence-electron chi connectivity index (χ2n) is 11.7. The van der Waals surface area contributed by atoms with Gasteiger partial charge in [0.2, 0.25) is 0 Å². The molecule has 0 saturated heterocycles. The van der Waals surface area contributed by atoms with Crippen LogP contribution in [0.5, 0.6) is 0 Å². The lowest BCUT2D eigenvalue weighted by molar-refractivity contribution is 0.00585. The predicted molar refractivity (Wildman–Crippen MR) is 140 cm³/mol. The Labute approximate surface area is 205 Å². The fraction of sp³-hybridized carbons (Fsp3) is 0.862. The summed E-state index contributed by atoms with van der Waals surface area (Å²) in [6, 6.07) is 0. The van der Waals surface area contributed by atoms with Crippen molar-refractivity contribution in [1.29, 1.82) is 0 Å². The van der Waals surface area contributed by atoms with E-state index in [1.807, 2.05) is 7.11 Å². The van der Waals surface area contributed by atoms with Gasteiger partial charge in [-0.3, -0.25) is 0 Å². The Kier molecular flexibility index (Phi) is 9.93. The summed E-state index contributed by atoms with van der Waals surface area (Å²) in [5.74, 6) is 3.93. The molecule has 0 aromatic carbocycles. The summed E-state index contributed by atoms with van der Waals surface area (Å²) in [7, 11) is 1.82. The van der Waals surface area contributed by atoms with Gasteiger partial charge in [-0.05, 0) is 78.8 Å². The highest BCUT2D eigenvalue weighted by Gasteiger charge is 2.40. The van der Waals surface area contributed by atoms with E-state index in [9.17, 15) is 4.89 Å². The van der Waals surface area contributed by atoms with E-state index >= 15 is 0 Å². The molecule has 2 saturated carbocycles. The molecule has 0 amide bonds. The molecule has 4 aliphatic rings. The molecule has 0 aromatic rings. The van der Waals surface area contributed by atoms with Crippen molar-refractivity contribution in [3.63, 3.8) is 0 Å². The van der Waals surface area contributed by atoms with Crippen molar-refractivity contribution in [2.45, 2.75) is 110 Å². The monoisotopic (exact) mass is 476 g/mol. The molecule has 0 heterocycles. The smallest absolute Gasteiger partial charge is 0.0885 e. The molecule has 1 N–H and O–H groups in total. The molecule has 0 aliphatic heterocycles. The van der Waals surface area contributed by atoms with Gasteiger partial charge in [-0.15, -0.1) is 0 Å². The van der Waals surface area contributed by atoms with Crippen molar-refractivity contribution >= 4 is 8.81 Å². The van der Waals surface area contributed by atoms with Crippen LogP contribution in [0.1, 0.15) is 97.3 Å². The van der Waals surface area contributed by atoms with E-state index in [1.165, 1.54) is 82.6 Å². The summed E-state index contributed by atoms with van der Waals surface area (Å²) >= 11 is 0. The second-order valence-corrected chi connectivity index (χ2v) is 12.3. The summed E-state index contributed by atoms with van der Waals surface area (Å²) in [5, 5.41) is 0. The van der Waals surface area contributed by atoms with Gasteiger partial charge in [0.25, 0.3) is 0 Å². The Balaban J connectivity index is 1.54. The Morgan fingerprint density at radius 2 is 1.55 bits per heavy atom. The lowest BCUT2D eigenvalue weighted by Crippen LogP contribution is -2.40. The molecule has 188 valence electrons. The quantitative estimate of drug-likeness (QED) is 0.289. The molecule has 0 radical (unpaired) electrons. The zero-order valence-corrected chi connectivity index (χ0v) is 22.4. The molecule has 7 atom stereocenters. The Morgan fingerprint density at radius 3 is 2.21 bits per heavy atom. The normalized spacial score (nSPS) is 37.3. The minimum absolute atomic E-state index is 0.121. The van der Waals surface area contributed by atoms with Crippen molar-refractivity contribution in [3.8, 4) is 0 Å². The zero-order valence-electron chi connectivity index (χ0n) is 21.4. The molecule has 2 fully saturated rings. The summed E-state index contributed by atoms with van der Waals surface area (Å²) < 4.78 is 12.7. The van der Waals surface area contributed by atoms with Gasteiger partial charge in [0, 0.05) is 15.9 Å². The van der Waals surface area contributed by atoms with Gasteiger partial charge >= 0.3 is 0 Å². The van der Waals surface area contributed by atoms with Crippen LogP contribution < -0.4 is 0 Å². The molecular formula is C29H49O3P. The first-order valence-corrected chi connectivity index (χ1v) is 15.2. The molecular weight excluding hydrogens is 427 g/mol. The highest BCUT2D eigenvalue weighted by atomic mass is 31.1. The average molecular weight is 477 g/mol. The van der Waals surface area contributed by atoms with E-state index in [1.54, 1.807) is 5.57 Å². The molecule has 4 heteroatoms. The molecule has 4 rings (SSSR count). The van der Waals surface area contributed by atoms with Crippen LogP contribution in [0.15, 0.2) is 23.3 Å². The van der Waals surface area contributed by atoms with Crippen LogP contribution in [0.25, 0.3) is 0 Å². The Morgan fingerprint density at radius 1 is 0.879 bits per heavy atom. The molecule has 0 aromatic heterocycles. The van der Waals surface area contributed by atoms with Crippen molar-refractivity contribution in [2.75, 3.05) is 13.5 Å². The number of hydrogen-bond acceptors (Lipinski definition) is 3. The van der Waals surface area contributed by atoms with Crippen LogP contribution in [0.3, 0.4) is 0 Å². The van der Waals surface area contributed by atoms with Gasteiger partial charge in [-0.25, -0.2) is 0 Å². The number of methoxy groups -OCH3 is 1. The van der Waals surface area contributed by atoms with E-state index in [-0.39, 0.29) is 21.0 Å². The number of rotatable bonds is 8. The topological polar surface area (TPSA) is 38.7 Å². The number of allylic oxidation sites excluding steroid dienone is 2.